The average Bonchev–Trinajstić information content (AvgIpc) is 2.92. The summed E-state index contributed by atoms with van der Waals surface area (Å²) in [4.78, 5) is 42.9. The molecule has 0 bridgehead atoms. The second-order valence-corrected chi connectivity index (χ2v) is 11.4. The Labute approximate surface area is 238 Å². The van der Waals surface area contributed by atoms with E-state index >= 15 is 0 Å². The van der Waals surface area contributed by atoms with Crippen LogP contribution in [-0.4, -0.2) is 40.5 Å². The minimum atomic E-state index is -0.915. The van der Waals surface area contributed by atoms with Crippen molar-refractivity contribution in [3.63, 3.8) is 0 Å². The summed E-state index contributed by atoms with van der Waals surface area (Å²) in [6.07, 6.45) is 0.616. The first-order chi connectivity index (χ1) is 18.9. The summed E-state index contributed by atoms with van der Waals surface area (Å²) in [6, 6.07) is 20.9. The molecular weight excluding hydrogens is 502 g/mol. The predicted octanol–water partition coefficient (Wildman–Crippen LogP) is 7.09. The molecule has 7 heteroatoms. The maximum absolute atomic E-state index is 14.4. The normalized spacial score (nSPS) is 14.5. The standard InChI is InChI=1S/C33H43N3O4/c1-8-22(3)28(35-32(39)40-33(5,6)7)31(38)36(23(4)9-2)29(25-16-11-10-12-17-25)30(37)34-27-20-19-24-15-13-14-18-26(24)21-27/h10-23,28-29H,8-9H2,1-7H3,(H,34,37)(H,35,39). The van der Waals surface area contributed by atoms with Gasteiger partial charge in [0.1, 0.15) is 17.7 Å². The molecule has 4 atom stereocenters. The van der Waals surface area contributed by atoms with Crippen molar-refractivity contribution in [2.24, 2.45) is 5.92 Å². The molecule has 214 valence electrons. The van der Waals surface area contributed by atoms with Gasteiger partial charge in [-0.1, -0.05) is 87.9 Å². The lowest BCUT2D eigenvalue weighted by atomic mass is 9.94. The average molecular weight is 546 g/mol. The van der Waals surface area contributed by atoms with Crippen molar-refractivity contribution >= 4 is 34.4 Å². The highest BCUT2D eigenvalue weighted by molar-refractivity contribution is 6.00. The monoisotopic (exact) mass is 545 g/mol. The molecule has 0 aromatic heterocycles. The molecule has 0 aliphatic heterocycles. The summed E-state index contributed by atoms with van der Waals surface area (Å²) in [6.45, 7) is 13.1. The molecule has 3 aromatic rings. The quantitative estimate of drug-likeness (QED) is 0.285. The fourth-order valence-corrected chi connectivity index (χ4v) is 4.63. The predicted molar refractivity (Wildman–Crippen MR) is 161 cm³/mol. The Kier molecular flexibility index (Phi) is 10.3. The Balaban J connectivity index is 2.03. The molecule has 2 N–H and O–H groups in total. The molecular formula is C33H43N3O4. The molecule has 0 saturated heterocycles. The van der Waals surface area contributed by atoms with E-state index in [1.54, 1.807) is 25.7 Å². The van der Waals surface area contributed by atoms with Gasteiger partial charge in [-0.2, -0.15) is 0 Å². The first-order valence-corrected chi connectivity index (χ1v) is 14.1. The van der Waals surface area contributed by atoms with E-state index in [1.807, 2.05) is 100 Å². The number of fused-ring (bicyclic) bond motifs is 1. The van der Waals surface area contributed by atoms with E-state index in [4.69, 9.17) is 4.74 Å². The van der Waals surface area contributed by atoms with Crippen LogP contribution in [0.4, 0.5) is 10.5 Å². The van der Waals surface area contributed by atoms with Gasteiger partial charge in [0.2, 0.25) is 5.91 Å². The SMILES string of the molecule is CCC(C)C(NC(=O)OC(C)(C)C)C(=O)N(C(C)CC)C(C(=O)Nc1ccc2ccccc2c1)c1ccccc1. The third kappa shape index (κ3) is 7.84. The van der Waals surface area contributed by atoms with Gasteiger partial charge in [-0.05, 0) is 68.5 Å². The van der Waals surface area contributed by atoms with Crippen LogP contribution in [0.5, 0.6) is 0 Å². The number of carbonyl (C=O) groups is 3. The van der Waals surface area contributed by atoms with Gasteiger partial charge in [-0.25, -0.2) is 4.79 Å². The van der Waals surface area contributed by atoms with Crippen LogP contribution in [-0.2, 0) is 14.3 Å². The largest absolute Gasteiger partial charge is 0.444 e. The molecule has 0 aliphatic rings. The number of alkyl carbamates (subject to hydrolysis) is 1. The van der Waals surface area contributed by atoms with Crippen LogP contribution in [0.1, 0.15) is 72.9 Å². The van der Waals surface area contributed by atoms with Gasteiger partial charge in [0.05, 0.1) is 0 Å². The molecule has 0 aliphatic carbocycles. The zero-order chi connectivity index (χ0) is 29.4. The Morgan fingerprint density at radius 1 is 0.850 bits per heavy atom. The zero-order valence-electron chi connectivity index (χ0n) is 24.7. The molecule has 0 heterocycles. The van der Waals surface area contributed by atoms with Crippen LogP contribution in [0.15, 0.2) is 72.8 Å². The summed E-state index contributed by atoms with van der Waals surface area (Å²) in [5.41, 5.74) is 0.622. The lowest BCUT2D eigenvalue weighted by Crippen LogP contribution is -2.56. The molecule has 0 radical (unpaired) electrons. The Morgan fingerprint density at radius 2 is 1.48 bits per heavy atom. The van der Waals surface area contributed by atoms with Gasteiger partial charge in [0.25, 0.3) is 5.91 Å². The molecule has 0 fully saturated rings. The van der Waals surface area contributed by atoms with Crippen LogP contribution in [0, 0.1) is 5.92 Å². The first kappa shape index (κ1) is 30.7. The number of nitrogens with zero attached hydrogens (tertiary/aromatic N) is 1. The molecule has 3 amide bonds. The zero-order valence-corrected chi connectivity index (χ0v) is 24.7. The van der Waals surface area contributed by atoms with Crippen LogP contribution in [0.2, 0.25) is 0 Å². The van der Waals surface area contributed by atoms with Crippen LogP contribution >= 0.6 is 0 Å². The van der Waals surface area contributed by atoms with Gasteiger partial charge in [0, 0.05) is 11.7 Å². The van der Waals surface area contributed by atoms with E-state index in [-0.39, 0.29) is 23.8 Å². The van der Waals surface area contributed by atoms with E-state index in [1.165, 1.54) is 0 Å². The number of carbonyl (C=O) groups excluding carboxylic acids is 3. The second-order valence-electron chi connectivity index (χ2n) is 11.4. The van der Waals surface area contributed by atoms with Crippen molar-refractivity contribution in [3.8, 4) is 0 Å². The number of amides is 3. The van der Waals surface area contributed by atoms with E-state index in [2.05, 4.69) is 10.6 Å². The van der Waals surface area contributed by atoms with Gasteiger partial charge < -0.3 is 20.3 Å². The fourth-order valence-electron chi connectivity index (χ4n) is 4.63. The Hall–Kier alpha value is -3.87. The van der Waals surface area contributed by atoms with Crippen LogP contribution < -0.4 is 10.6 Å². The van der Waals surface area contributed by atoms with Gasteiger partial charge >= 0.3 is 6.09 Å². The number of ether oxygens (including phenoxy) is 1. The topological polar surface area (TPSA) is 87.7 Å². The molecule has 4 unspecified atom stereocenters. The number of anilines is 1. The highest BCUT2D eigenvalue weighted by atomic mass is 16.6. The van der Waals surface area contributed by atoms with E-state index in [0.29, 0.717) is 24.1 Å². The number of hydrogen-bond donors (Lipinski definition) is 2. The van der Waals surface area contributed by atoms with Crippen LogP contribution in [0.3, 0.4) is 0 Å². The fraction of sp³-hybridized carbons (Fsp3) is 0.424. The highest BCUT2D eigenvalue weighted by Gasteiger charge is 2.40. The molecule has 7 nitrogen and oxygen atoms in total. The molecule has 3 aromatic carbocycles. The van der Waals surface area contributed by atoms with Crippen molar-refractivity contribution in [1.82, 2.24) is 10.2 Å². The van der Waals surface area contributed by atoms with Crippen molar-refractivity contribution in [2.45, 2.75) is 85.0 Å². The van der Waals surface area contributed by atoms with Gasteiger partial charge in [-0.3, -0.25) is 9.59 Å². The van der Waals surface area contributed by atoms with E-state index in [0.717, 1.165) is 10.8 Å². The molecule has 0 spiro atoms. The summed E-state index contributed by atoms with van der Waals surface area (Å²) in [5, 5.41) is 7.95. The summed E-state index contributed by atoms with van der Waals surface area (Å²) in [5.74, 6) is -0.834. The molecule has 0 saturated carbocycles. The van der Waals surface area contributed by atoms with Crippen molar-refractivity contribution in [2.75, 3.05) is 5.32 Å². The summed E-state index contributed by atoms with van der Waals surface area (Å²) < 4.78 is 5.49. The lowest BCUT2D eigenvalue weighted by molar-refractivity contribution is -0.144. The minimum Gasteiger partial charge on any atom is -0.444 e. The van der Waals surface area contributed by atoms with Crippen molar-refractivity contribution in [1.29, 1.82) is 0 Å². The van der Waals surface area contributed by atoms with Gasteiger partial charge in [-0.15, -0.1) is 0 Å². The third-order valence-electron chi connectivity index (χ3n) is 7.13. The third-order valence-corrected chi connectivity index (χ3v) is 7.13. The second kappa shape index (κ2) is 13.5. The minimum absolute atomic E-state index is 0.188. The summed E-state index contributed by atoms with van der Waals surface area (Å²) >= 11 is 0. The Morgan fingerprint density at radius 3 is 2.08 bits per heavy atom. The van der Waals surface area contributed by atoms with Crippen molar-refractivity contribution < 1.29 is 19.1 Å². The summed E-state index contributed by atoms with van der Waals surface area (Å²) in [7, 11) is 0. The maximum atomic E-state index is 14.4. The first-order valence-electron chi connectivity index (χ1n) is 14.1. The van der Waals surface area contributed by atoms with E-state index < -0.39 is 23.8 Å². The lowest BCUT2D eigenvalue weighted by Gasteiger charge is -2.39. The molecule has 3 rings (SSSR count). The van der Waals surface area contributed by atoms with Crippen LogP contribution in [0.25, 0.3) is 10.8 Å². The smallest absolute Gasteiger partial charge is 0.408 e. The Bertz CT molecular complexity index is 1300. The van der Waals surface area contributed by atoms with Crippen molar-refractivity contribution in [3.05, 3.63) is 78.4 Å². The highest BCUT2D eigenvalue weighted by Crippen LogP contribution is 2.29. The van der Waals surface area contributed by atoms with Gasteiger partial charge in [0.15, 0.2) is 0 Å². The molecule has 40 heavy (non-hydrogen) atoms. The maximum Gasteiger partial charge on any atom is 0.408 e. The number of hydrogen-bond acceptors (Lipinski definition) is 4. The number of benzene rings is 3. The number of nitrogens with one attached hydrogen (secondary N) is 2. The van der Waals surface area contributed by atoms with E-state index in [9.17, 15) is 14.4 Å². The number of rotatable bonds is 10.